The lowest BCUT2D eigenvalue weighted by atomic mass is 10.2. The Balaban J connectivity index is 2.33. The first kappa shape index (κ1) is 12.6. The maximum absolute atomic E-state index is 12.2. The number of hydrogen-bond acceptors (Lipinski definition) is 6. The Morgan fingerprint density at radius 1 is 1.50 bits per heavy atom. The summed E-state index contributed by atoms with van der Waals surface area (Å²) in [5.41, 5.74) is 5.20. The molecule has 0 spiro atoms. The second-order valence-electron chi connectivity index (χ2n) is 3.79. The number of nitro groups is 1. The third-order valence-corrected chi connectivity index (χ3v) is 3.57. The zero-order valence-corrected chi connectivity index (χ0v) is 10.4. The third-order valence-electron chi connectivity index (χ3n) is 2.63. The van der Waals surface area contributed by atoms with Crippen LogP contribution in [-0.4, -0.2) is 45.3 Å². The van der Waals surface area contributed by atoms with E-state index >= 15 is 0 Å². The molecule has 0 bridgehead atoms. The Labute approximate surface area is 108 Å². The van der Waals surface area contributed by atoms with E-state index in [4.69, 9.17) is 5.73 Å². The molecule has 0 aromatic carbocycles. The first-order valence-corrected chi connectivity index (χ1v) is 6.52. The molecule has 1 aromatic heterocycles. The highest BCUT2D eigenvalue weighted by Gasteiger charge is 2.26. The molecular formula is C10H12N4O3S. The van der Waals surface area contributed by atoms with Gasteiger partial charge in [0.25, 0.3) is 11.6 Å². The zero-order valence-electron chi connectivity index (χ0n) is 9.54. The highest BCUT2D eigenvalue weighted by Crippen LogP contribution is 2.22. The predicted molar refractivity (Wildman–Crippen MR) is 68.5 cm³/mol. The van der Waals surface area contributed by atoms with Crippen LogP contribution in [0, 0.1) is 10.1 Å². The molecule has 2 N–H and O–H groups in total. The van der Waals surface area contributed by atoms with Crippen LogP contribution >= 0.6 is 11.8 Å². The maximum Gasteiger partial charge on any atom is 0.300 e. The summed E-state index contributed by atoms with van der Waals surface area (Å²) < 4.78 is 0. The van der Waals surface area contributed by atoms with Gasteiger partial charge in [0, 0.05) is 24.6 Å². The van der Waals surface area contributed by atoms with E-state index in [-0.39, 0.29) is 23.0 Å². The van der Waals surface area contributed by atoms with Gasteiger partial charge < -0.3 is 10.6 Å². The lowest BCUT2D eigenvalue weighted by molar-refractivity contribution is -0.385. The van der Waals surface area contributed by atoms with Crippen molar-refractivity contribution in [3.8, 4) is 0 Å². The topological polar surface area (TPSA) is 102 Å². The van der Waals surface area contributed by atoms with E-state index in [1.807, 2.05) is 0 Å². The Morgan fingerprint density at radius 2 is 2.17 bits per heavy atom. The van der Waals surface area contributed by atoms with E-state index in [9.17, 15) is 14.9 Å². The molecule has 1 fully saturated rings. The van der Waals surface area contributed by atoms with Gasteiger partial charge in [0.1, 0.15) is 17.6 Å². The first-order valence-electron chi connectivity index (χ1n) is 5.36. The van der Waals surface area contributed by atoms with Crippen LogP contribution in [0.3, 0.4) is 0 Å². The van der Waals surface area contributed by atoms with Gasteiger partial charge in [-0.3, -0.25) is 14.9 Å². The maximum atomic E-state index is 12.2. The molecule has 0 atom stereocenters. The molecule has 7 nitrogen and oxygen atoms in total. The van der Waals surface area contributed by atoms with Gasteiger partial charge in [0.2, 0.25) is 0 Å². The molecule has 0 radical (unpaired) electrons. The molecule has 1 aliphatic rings. The standard InChI is InChI=1S/C10H12N4O3S/c11-9-5-7(8(6-12-9)14(16)17)10(15)13-1-3-18-4-2-13/h5-6H,1-4H2,(H2,11,12). The highest BCUT2D eigenvalue weighted by atomic mass is 32.2. The molecule has 1 aliphatic heterocycles. The van der Waals surface area contributed by atoms with Crippen LogP contribution in [0.5, 0.6) is 0 Å². The van der Waals surface area contributed by atoms with Crippen molar-refractivity contribution in [3.05, 3.63) is 27.9 Å². The number of aromatic nitrogens is 1. The number of carbonyl (C=O) groups is 1. The van der Waals surface area contributed by atoms with Gasteiger partial charge >= 0.3 is 0 Å². The molecule has 1 aromatic rings. The van der Waals surface area contributed by atoms with Crippen molar-refractivity contribution in [2.75, 3.05) is 30.3 Å². The summed E-state index contributed by atoms with van der Waals surface area (Å²) in [4.78, 5) is 27.7. The third kappa shape index (κ3) is 2.53. The Morgan fingerprint density at radius 3 is 2.78 bits per heavy atom. The van der Waals surface area contributed by atoms with E-state index in [1.54, 1.807) is 16.7 Å². The number of pyridine rings is 1. The molecule has 8 heteroatoms. The van der Waals surface area contributed by atoms with Gasteiger partial charge in [-0.25, -0.2) is 4.98 Å². The molecule has 2 rings (SSSR count). The number of nitrogens with two attached hydrogens (primary N) is 1. The summed E-state index contributed by atoms with van der Waals surface area (Å²) in [7, 11) is 0. The number of nitrogens with zero attached hydrogens (tertiary/aromatic N) is 3. The fraction of sp³-hybridized carbons (Fsp3) is 0.400. The average molecular weight is 268 g/mol. The number of rotatable bonds is 2. The monoisotopic (exact) mass is 268 g/mol. The van der Waals surface area contributed by atoms with Crippen LogP contribution in [0.15, 0.2) is 12.3 Å². The number of anilines is 1. The van der Waals surface area contributed by atoms with Crippen molar-refractivity contribution in [1.29, 1.82) is 0 Å². The van der Waals surface area contributed by atoms with Gasteiger partial charge in [0.15, 0.2) is 0 Å². The normalized spacial score (nSPS) is 15.4. The quantitative estimate of drug-likeness (QED) is 0.627. The summed E-state index contributed by atoms with van der Waals surface area (Å²) in [6, 6.07) is 1.27. The smallest absolute Gasteiger partial charge is 0.300 e. The molecular weight excluding hydrogens is 256 g/mol. The van der Waals surface area contributed by atoms with Crippen LogP contribution < -0.4 is 5.73 Å². The minimum atomic E-state index is -0.613. The van der Waals surface area contributed by atoms with Crippen molar-refractivity contribution in [2.45, 2.75) is 0 Å². The second kappa shape index (κ2) is 5.21. The van der Waals surface area contributed by atoms with Gasteiger partial charge in [-0.15, -0.1) is 0 Å². The lowest BCUT2D eigenvalue weighted by Gasteiger charge is -2.26. The van der Waals surface area contributed by atoms with Crippen LogP contribution in [-0.2, 0) is 0 Å². The van der Waals surface area contributed by atoms with Crippen LogP contribution in [0.1, 0.15) is 10.4 Å². The van der Waals surface area contributed by atoms with Gasteiger partial charge in [-0.1, -0.05) is 0 Å². The number of amides is 1. The van der Waals surface area contributed by atoms with Crippen LogP contribution in [0.2, 0.25) is 0 Å². The zero-order chi connectivity index (χ0) is 13.1. The molecule has 0 unspecified atom stereocenters. The van der Waals surface area contributed by atoms with Crippen LogP contribution in [0.4, 0.5) is 11.5 Å². The van der Waals surface area contributed by atoms with Crippen molar-refractivity contribution < 1.29 is 9.72 Å². The molecule has 18 heavy (non-hydrogen) atoms. The van der Waals surface area contributed by atoms with Crippen molar-refractivity contribution in [3.63, 3.8) is 0 Å². The van der Waals surface area contributed by atoms with E-state index in [0.717, 1.165) is 17.7 Å². The summed E-state index contributed by atoms with van der Waals surface area (Å²) in [6.45, 7) is 1.20. The van der Waals surface area contributed by atoms with E-state index in [0.29, 0.717) is 13.1 Å². The summed E-state index contributed by atoms with van der Waals surface area (Å²) in [5, 5.41) is 10.9. The van der Waals surface area contributed by atoms with Crippen molar-refractivity contribution in [2.24, 2.45) is 0 Å². The largest absolute Gasteiger partial charge is 0.384 e. The predicted octanol–water partition coefficient (Wildman–Crippen LogP) is 0.761. The van der Waals surface area contributed by atoms with Gasteiger partial charge in [0.05, 0.1) is 4.92 Å². The molecule has 2 heterocycles. The SMILES string of the molecule is Nc1cc(C(=O)N2CCSCC2)c([N+](=O)[O-])cn1. The lowest BCUT2D eigenvalue weighted by Crippen LogP contribution is -2.38. The minimum absolute atomic E-state index is 0.0133. The summed E-state index contributed by atoms with van der Waals surface area (Å²) in [6.07, 6.45) is 1.03. The Kier molecular flexibility index (Phi) is 3.66. The van der Waals surface area contributed by atoms with Gasteiger partial charge in [-0.05, 0) is 6.07 Å². The molecule has 1 amide bonds. The molecule has 0 saturated carbocycles. The van der Waals surface area contributed by atoms with Crippen molar-refractivity contribution >= 4 is 29.2 Å². The number of thioether (sulfide) groups is 1. The van der Waals surface area contributed by atoms with Gasteiger partial charge in [-0.2, -0.15) is 11.8 Å². The fourth-order valence-corrected chi connectivity index (χ4v) is 2.62. The van der Waals surface area contributed by atoms with Crippen molar-refractivity contribution in [1.82, 2.24) is 9.88 Å². The summed E-state index contributed by atoms with van der Waals surface area (Å²) >= 11 is 1.76. The minimum Gasteiger partial charge on any atom is -0.384 e. The first-order chi connectivity index (χ1) is 8.59. The highest BCUT2D eigenvalue weighted by molar-refractivity contribution is 7.99. The van der Waals surface area contributed by atoms with E-state index in [1.165, 1.54) is 6.07 Å². The van der Waals surface area contributed by atoms with E-state index < -0.39 is 4.92 Å². The van der Waals surface area contributed by atoms with Crippen LogP contribution in [0.25, 0.3) is 0 Å². The fourth-order valence-electron chi connectivity index (χ4n) is 1.72. The Bertz CT molecular complexity index is 488. The molecule has 1 saturated heterocycles. The number of nitrogen functional groups attached to an aromatic ring is 1. The summed E-state index contributed by atoms with van der Waals surface area (Å²) in [5.74, 6) is 1.45. The van der Waals surface area contributed by atoms with E-state index in [2.05, 4.69) is 4.98 Å². The number of hydrogen-bond donors (Lipinski definition) is 1. The average Bonchev–Trinajstić information content (AvgIpc) is 2.38. The number of carbonyl (C=O) groups excluding carboxylic acids is 1. The molecule has 96 valence electrons. The molecule has 0 aliphatic carbocycles. The second-order valence-corrected chi connectivity index (χ2v) is 5.01. The Hall–Kier alpha value is -1.83.